The minimum atomic E-state index is -0.0304. The van der Waals surface area contributed by atoms with Gasteiger partial charge in [0.2, 0.25) is 0 Å². The summed E-state index contributed by atoms with van der Waals surface area (Å²) in [6, 6.07) is 3.13. The van der Waals surface area contributed by atoms with E-state index >= 15 is 0 Å². The largest absolute Gasteiger partial charge is 0.397 e. The van der Waals surface area contributed by atoms with E-state index in [0.717, 1.165) is 12.1 Å². The second kappa shape index (κ2) is 4.98. The Morgan fingerprint density at radius 3 is 2.73 bits per heavy atom. The van der Waals surface area contributed by atoms with Crippen molar-refractivity contribution in [3.8, 4) is 0 Å². The number of ether oxygens (including phenoxy) is 1. The van der Waals surface area contributed by atoms with E-state index in [-0.39, 0.29) is 11.7 Å². The molecule has 0 radical (unpaired) electrons. The highest BCUT2D eigenvalue weighted by Gasteiger charge is 2.09. The monoisotopic (exact) mass is 210 g/mol. The Balaban J connectivity index is 3.03. The first kappa shape index (κ1) is 11.8. The van der Waals surface area contributed by atoms with Crippen LogP contribution in [0.3, 0.4) is 0 Å². The molecule has 1 atom stereocenters. The maximum atomic E-state index is 11.6. The van der Waals surface area contributed by atoms with E-state index in [1.807, 2.05) is 13.8 Å². The highest BCUT2D eigenvalue weighted by atomic mass is 16.5. The zero-order chi connectivity index (χ0) is 11.4. The number of aromatic nitrogens is 1. The third-order valence-electron chi connectivity index (χ3n) is 2.67. The van der Waals surface area contributed by atoms with Crippen LogP contribution >= 0.6 is 0 Å². The molecule has 1 aromatic rings. The summed E-state index contributed by atoms with van der Waals surface area (Å²) in [5.74, 6) is 0. The maximum absolute atomic E-state index is 11.6. The number of rotatable bonds is 4. The first-order valence-corrected chi connectivity index (χ1v) is 5.08. The van der Waals surface area contributed by atoms with E-state index in [0.29, 0.717) is 12.2 Å². The predicted octanol–water partition coefficient (Wildman–Crippen LogP) is 1.16. The molecule has 4 nitrogen and oxygen atoms in total. The van der Waals surface area contributed by atoms with E-state index < -0.39 is 0 Å². The van der Waals surface area contributed by atoms with E-state index in [1.165, 1.54) is 6.07 Å². The van der Waals surface area contributed by atoms with Gasteiger partial charge < -0.3 is 15.0 Å². The molecular weight excluding hydrogens is 192 g/mol. The highest BCUT2D eigenvalue weighted by Crippen LogP contribution is 2.08. The number of pyridine rings is 1. The third kappa shape index (κ3) is 2.59. The molecule has 0 aliphatic rings. The van der Waals surface area contributed by atoms with Gasteiger partial charge in [0, 0.05) is 18.9 Å². The van der Waals surface area contributed by atoms with Gasteiger partial charge in [-0.1, -0.05) is 6.92 Å². The number of nitrogen functional groups attached to an aromatic ring is 1. The van der Waals surface area contributed by atoms with Crippen LogP contribution < -0.4 is 11.3 Å². The van der Waals surface area contributed by atoms with Crippen molar-refractivity contribution in [3.05, 3.63) is 28.2 Å². The van der Waals surface area contributed by atoms with Gasteiger partial charge in [-0.25, -0.2) is 0 Å². The van der Waals surface area contributed by atoms with Gasteiger partial charge in [0.25, 0.3) is 5.56 Å². The average molecular weight is 210 g/mol. The van der Waals surface area contributed by atoms with Crippen LogP contribution in [0.5, 0.6) is 0 Å². The standard InChI is InChI=1S/C11H18N2O2/c1-4-9(15-3)7-13-8(2)10(12)5-6-11(13)14/h5-6,9H,4,7,12H2,1-3H3. The fourth-order valence-corrected chi connectivity index (χ4v) is 1.49. The van der Waals surface area contributed by atoms with Gasteiger partial charge in [0.15, 0.2) is 0 Å². The molecule has 2 N–H and O–H groups in total. The average Bonchev–Trinajstić information content (AvgIpc) is 2.24. The zero-order valence-corrected chi connectivity index (χ0v) is 9.49. The molecule has 4 heteroatoms. The fraction of sp³-hybridized carbons (Fsp3) is 0.545. The molecule has 0 saturated heterocycles. The summed E-state index contributed by atoms with van der Waals surface area (Å²) >= 11 is 0. The minimum Gasteiger partial charge on any atom is -0.397 e. The number of methoxy groups -OCH3 is 1. The Kier molecular flexibility index (Phi) is 3.91. The van der Waals surface area contributed by atoms with Crippen molar-refractivity contribution in [3.63, 3.8) is 0 Å². The van der Waals surface area contributed by atoms with Crippen molar-refractivity contribution in [2.45, 2.75) is 32.9 Å². The quantitative estimate of drug-likeness (QED) is 0.811. The van der Waals surface area contributed by atoms with Crippen LogP contribution in [-0.4, -0.2) is 17.8 Å². The van der Waals surface area contributed by atoms with E-state index in [2.05, 4.69) is 0 Å². The van der Waals surface area contributed by atoms with Gasteiger partial charge in [-0.15, -0.1) is 0 Å². The summed E-state index contributed by atoms with van der Waals surface area (Å²) < 4.78 is 6.91. The second-order valence-electron chi connectivity index (χ2n) is 3.59. The maximum Gasteiger partial charge on any atom is 0.250 e. The molecule has 0 spiro atoms. The highest BCUT2D eigenvalue weighted by molar-refractivity contribution is 5.41. The van der Waals surface area contributed by atoms with Crippen molar-refractivity contribution in [1.82, 2.24) is 4.57 Å². The Labute approximate surface area is 89.7 Å². The minimum absolute atomic E-state index is 0.0304. The van der Waals surface area contributed by atoms with Crippen molar-refractivity contribution in [2.24, 2.45) is 0 Å². The number of anilines is 1. The number of hydrogen-bond donors (Lipinski definition) is 1. The Morgan fingerprint density at radius 1 is 1.53 bits per heavy atom. The van der Waals surface area contributed by atoms with Crippen LogP contribution in [0.15, 0.2) is 16.9 Å². The number of nitrogens with two attached hydrogens (primary N) is 1. The molecule has 1 unspecified atom stereocenters. The molecule has 0 aliphatic carbocycles. The van der Waals surface area contributed by atoms with Gasteiger partial charge in [0.1, 0.15) is 0 Å². The molecule has 1 aromatic heterocycles. The SMILES string of the molecule is CCC(Cn1c(C)c(N)ccc1=O)OC. The summed E-state index contributed by atoms with van der Waals surface area (Å²) in [6.45, 7) is 4.43. The van der Waals surface area contributed by atoms with Crippen LogP contribution in [0.1, 0.15) is 19.0 Å². The molecule has 0 fully saturated rings. The Morgan fingerprint density at radius 2 is 2.20 bits per heavy atom. The van der Waals surface area contributed by atoms with E-state index in [1.54, 1.807) is 17.7 Å². The van der Waals surface area contributed by atoms with Crippen LogP contribution in [0.4, 0.5) is 5.69 Å². The van der Waals surface area contributed by atoms with Gasteiger partial charge in [-0.3, -0.25) is 4.79 Å². The van der Waals surface area contributed by atoms with Crippen molar-refractivity contribution in [1.29, 1.82) is 0 Å². The van der Waals surface area contributed by atoms with Crippen LogP contribution in [-0.2, 0) is 11.3 Å². The Hall–Kier alpha value is -1.29. The Bertz CT molecular complexity index is 381. The molecule has 0 amide bonds. The molecular formula is C11H18N2O2. The van der Waals surface area contributed by atoms with Crippen LogP contribution in [0.2, 0.25) is 0 Å². The summed E-state index contributed by atoms with van der Waals surface area (Å²) in [4.78, 5) is 11.6. The topological polar surface area (TPSA) is 57.2 Å². The summed E-state index contributed by atoms with van der Waals surface area (Å²) in [5, 5.41) is 0. The summed E-state index contributed by atoms with van der Waals surface area (Å²) in [6.07, 6.45) is 0.931. The van der Waals surface area contributed by atoms with Gasteiger partial charge in [0.05, 0.1) is 18.3 Å². The third-order valence-corrected chi connectivity index (χ3v) is 2.67. The fourth-order valence-electron chi connectivity index (χ4n) is 1.49. The summed E-state index contributed by atoms with van der Waals surface area (Å²) in [5.41, 5.74) is 7.16. The van der Waals surface area contributed by atoms with Gasteiger partial charge >= 0.3 is 0 Å². The number of nitrogens with zero attached hydrogens (tertiary/aromatic N) is 1. The van der Waals surface area contributed by atoms with Crippen molar-refractivity contribution >= 4 is 5.69 Å². The smallest absolute Gasteiger partial charge is 0.250 e. The molecule has 1 heterocycles. The van der Waals surface area contributed by atoms with Crippen molar-refractivity contribution < 1.29 is 4.74 Å². The van der Waals surface area contributed by atoms with Crippen molar-refractivity contribution in [2.75, 3.05) is 12.8 Å². The van der Waals surface area contributed by atoms with Gasteiger partial charge in [-0.05, 0) is 19.4 Å². The van der Waals surface area contributed by atoms with Gasteiger partial charge in [-0.2, -0.15) is 0 Å². The number of hydrogen-bond acceptors (Lipinski definition) is 3. The lowest BCUT2D eigenvalue weighted by atomic mass is 10.2. The predicted molar refractivity (Wildman–Crippen MR) is 60.9 cm³/mol. The molecule has 0 bridgehead atoms. The summed E-state index contributed by atoms with van der Waals surface area (Å²) in [7, 11) is 1.65. The lowest BCUT2D eigenvalue weighted by Crippen LogP contribution is -2.29. The second-order valence-corrected chi connectivity index (χ2v) is 3.59. The molecule has 0 aromatic carbocycles. The van der Waals surface area contributed by atoms with E-state index in [4.69, 9.17) is 10.5 Å². The molecule has 0 aliphatic heterocycles. The normalized spacial score (nSPS) is 12.7. The molecule has 84 valence electrons. The molecule has 1 rings (SSSR count). The molecule has 0 saturated carbocycles. The zero-order valence-electron chi connectivity index (χ0n) is 9.49. The lowest BCUT2D eigenvalue weighted by molar-refractivity contribution is 0.0833. The lowest BCUT2D eigenvalue weighted by Gasteiger charge is -2.17. The molecule has 15 heavy (non-hydrogen) atoms. The first-order valence-electron chi connectivity index (χ1n) is 5.08. The first-order chi connectivity index (χ1) is 7.10. The van der Waals surface area contributed by atoms with Crippen LogP contribution in [0, 0.1) is 6.92 Å². The van der Waals surface area contributed by atoms with Crippen LogP contribution in [0.25, 0.3) is 0 Å². The van der Waals surface area contributed by atoms with E-state index in [9.17, 15) is 4.79 Å².